The van der Waals surface area contributed by atoms with Crippen LogP contribution in [0.2, 0.25) is 0 Å². The van der Waals surface area contributed by atoms with E-state index in [-0.39, 0.29) is 0 Å². The molecule has 0 radical (unpaired) electrons. The number of unbranched alkanes of at least 4 members (excludes halogenated alkanes) is 1. The standard InChI is InChI=1S/C12H22O3/c1-2-3-7-10(11(13)14)12(15)8-5-4-6-9-12/h10,15H,2-9H2,1H3,(H,13,14)/p-1. The predicted molar refractivity (Wildman–Crippen MR) is 56.1 cm³/mol. The number of hydrogen-bond donors (Lipinski definition) is 1. The molecule has 0 aromatic carbocycles. The number of rotatable bonds is 5. The fourth-order valence-corrected chi connectivity index (χ4v) is 2.53. The Balaban J connectivity index is 2.63. The van der Waals surface area contributed by atoms with E-state index in [9.17, 15) is 15.0 Å². The molecule has 1 saturated carbocycles. The molecule has 0 amide bonds. The van der Waals surface area contributed by atoms with Gasteiger partial charge in [0.15, 0.2) is 0 Å². The summed E-state index contributed by atoms with van der Waals surface area (Å²) >= 11 is 0. The Morgan fingerprint density at radius 1 is 1.40 bits per heavy atom. The first-order chi connectivity index (χ1) is 7.10. The fourth-order valence-electron chi connectivity index (χ4n) is 2.53. The van der Waals surface area contributed by atoms with Gasteiger partial charge in [0.05, 0.1) is 5.60 Å². The third-order valence-electron chi connectivity index (χ3n) is 3.50. The lowest BCUT2D eigenvalue weighted by atomic mass is 9.74. The third kappa shape index (κ3) is 3.20. The van der Waals surface area contributed by atoms with Crippen LogP contribution in [0.5, 0.6) is 0 Å². The minimum absolute atomic E-state index is 0.551. The summed E-state index contributed by atoms with van der Waals surface area (Å²) in [5.74, 6) is -1.74. The molecular weight excluding hydrogens is 192 g/mol. The minimum atomic E-state index is -1.08. The maximum absolute atomic E-state index is 11.0. The van der Waals surface area contributed by atoms with Crippen LogP contribution in [-0.2, 0) is 4.79 Å². The molecule has 0 heterocycles. The van der Waals surface area contributed by atoms with Crippen LogP contribution in [0.1, 0.15) is 58.3 Å². The number of carbonyl (C=O) groups excluding carboxylic acids is 1. The number of hydrogen-bond acceptors (Lipinski definition) is 3. The van der Waals surface area contributed by atoms with Crippen molar-refractivity contribution >= 4 is 5.97 Å². The molecule has 15 heavy (non-hydrogen) atoms. The first kappa shape index (κ1) is 12.5. The second-order valence-electron chi connectivity index (χ2n) is 4.68. The highest BCUT2D eigenvalue weighted by molar-refractivity contribution is 5.69. The average Bonchev–Trinajstić information content (AvgIpc) is 2.18. The summed E-state index contributed by atoms with van der Waals surface area (Å²) in [6, 6.07) is 0. The van der Waals surface area contributed by atoms with E-state index in [2.05, 4.69) is 0 Å². The summed E-state index contributed by atoms with van der Waals surface area (Å²) in [6.07, 6.45) is 6.58. The lowest BCUT2D eigenvalue weighted by Crippen LogP contribution is -2.49. The van der Waals surface area contributed by atoms with E-state index < -0.39 is 17.5 Å². The largest absolute Gasteiger partial charge is 0.550 e. The van der Waals surface area contributed by atoms with Gasteiger partial charge in [-0.15, -0.1) is 0 Å². The quantitative estimate of drug-likeness (QED) is 0.747. The average molecular weight is 213 g/mol. The van der Waals surface area contributed by atoms with Gasteiger partial charge in [-0.2, -0.15) is 0 Å². The van der Waals surface area contributed by atoms with Gasteiger partial charge in [-0.1, -0.05) is 39.0 Å². The Kier molecular flexibility index (Phi) is 4.58. The summed E-state index contributed by atoms with van der Waals surface area (Å²) in [5, 5.41) is 21.3. The highest BCUT2D eigenvalue weighted by Crippen LogP contribution is 2.36. The van der Waals surface area contributed by atoms with Crippen LogP contribution in [0, 0.1) is 5.92 Å². The monoisotopic (exact) mass is 213 g/mol. The van der Waals surface area contributed by atoms with E-state index in [1.807, 2.05) is 6.92 Å². The van der Waals surface area contributed by atoms with Gasteiger partial charge < -0.3 is 15.0 Å². The van der Waals surface area contributed by atoms with Gasteiger partial charge in [0.2, 0.25) is 0 Å². The first-order valence-electron chi connectivity index (χ1n) is 6.03. The molecule has 1 N–H and O–H groups in total. The molecule has 1 atom stereocenters. The minimum Gasteiger partial charge on any atom is -0.550 e. The Morgan fingerprint density at radius 2 is 2.00 bits per heavy atom. The second kappa shape index (κ2) is 5.50. The zero-order chi connectivity index (χ0) is 11.3. The Hall–Kier alpha value is -0.570. The molecule has 1 aliphatic carbocycles. The maximum atomic E-state index is 11.0. The molecule has 0 saturated heterocycles. The van der Waals surface area contributed by atoms with Crippen molar-refractivity contribution in [1.82, 2.24) is 0 Å². The third-order valence-corrected chi connectivity index (χ3v) is 3.50. The van der Waals surface area contributed by atoms with Gasteiger partial charge in [-0.25, -0.2) is 0 Å². The van der Waals surface area contributed by atoms with Crippen LogP contribution >= 0.6 is 0 Å². The number of carboxylic acids is 1. The summed E-state index contributed by atoms with van der Waals surface area (Å²) in [5.41, 5.74) is -0.994. The Morgan fingerprint density at radius 3 is 2.47 bits per heavy atom. The molecule has 3 nitrogen and oxygen atoms in total. The molecule has 1 rings (SSSR count). The van der Waals surface area contributed by atoms with Crippen molar-refractivity contribution in [3.05, 3.63) is 0 Å². The van der Waals surface area contributed by atoms with Gasteiger partial charge in [0.1, 0.15) is 0 Å². The van der Waals surface area contributed by atoms with E-state index in [1.165, 1.54) is 0 Å². The van der Waals surface area contributed by atoms with Crippen LogP contribution in [0.15, 0.2) is 0 Å². The van der Waals surface area contributed by atoms with Crippen LogP contribution in [0.3, 0.4) is 0 Å². The molecule has 0 bridgehead atoms. The summed E-state index contributed by atoms with van der Waals surface area (Å²) < 4.78 is 0. The van der Waals surface area contributed by atoms with Gasteiger partial charge in [-0.3, -0.25) is 0 Å². The number of carbonyl (C=O) groups is 1. The van der Waals surface area contributed by atoms with Crippen LogP contribution < -0.4 is 5.11 Å². The lowest BCUT2D eigenvalue weighted by Gasteiger charge is -2.39. The molecule has 1 fully saturated rings. The van der Waals surface area contributed by atoms with Gasteiger partial charge in [0, 0.05) is 11.9 Å². The van der Waals surface area contributed by atoms with Crippen LogP contribution in [0.25, 0.3) is 0 Å². The van der Waals surface area contributed by atoms with Gasteiger partial charge >= 0.3 is 0 Å². The maximum Gasteiger partial charge on any atom is 0.0727 e. The highest BCUT2D eigenvalue weighted by Gasteiger charge is 2.37. The number of carboxylic acid groups (broad SMARTS) is 1. The van der Waals surface area contributed by atoms with Crippen molar-refractivity contribution in [1.29, 1.82) is 0 Å². The van der Waals surface area contributed by atoms with Gasteiger partial charge in [-0.05, 0) is 19.3 Å². The topological polar surface area (TPSA) is 60.4 Å². The van der Waals surface area contributed by atoms with E-state index >= 15 is 0 Å². The molecule has 0 spiro atoms. The van der Waals surface area contributed by atoms with E-state index in [4.69, 9.17) is 0 Å². The van der Waals surface area contributed by atoms with Crippen LogP contribution in [0.4, 0.5) is 0 Å². The summed E-state index contributed by atoms with van der Waals surface area (Å²) in [4.78, 5) is 11.0. The van der Waals surface area contributed by atoms with Crippen molar-refractivity contribution < 1.29 is 15.0 Å². The van der Waals surface area contributed by atoms with Crippen molar-refractivity contribution in [2.75, 3.05) is 0 Å². The highest BCUT2D eigenvalue weighted by atomic mass is 16.4. The zero-order valence-corrected chi connectivity index (χ0v) is 9.50. The molecule has 3 heteroatoms. The van der Waals surface area contributed by atoms with Crippen molar-refractivity contribution in [3.63, 3.8) is 0 Å². The van der Waals surface area contributed by atoms with Crippen molar-refractivity contribution in [3.8, 4) is 0 Å². The molecular formula is C12H21O3-. The van der Waals surface area contributed by atoms with Gasteiger partial charge in [0.25, 0.3) is 0 Å². The zero-order valence-electron chi connectivity index (χ0n) is 9.50. The van der Waals surface area contributed by atoms with E-state index in [0.717, 1.165) is 32.1 Å². The number of aliphatic hydroxyl groups is 1. The van der Waals surface area contributed by atoms with Crippen LogP contribution in [-0.4, -0.2) is 16.7 Å². The van der Waals surface area contributed by atoms with E-state index in [0.29, 0.717) is 19.3 Å². The molecule has 0 aromatic heterocycles. The molecule has 0 aliphatic heterocycles. The molecule has 1 aliphatic rings. The summed E-state index contributed by atoms with van der Waals surface area (Å²) in [6.45, 7) is 2.03. The Labute approximate surface area is 91.5 Å². The lowest BCUT2D eigenvalue weighted by molar-refractivity contribution is -0.318. The normalized spacial score (nSPS) is 22.3. The predicted octanol–water partition coefficient (Wildman–Crippen LogP) is 1.24. The molecule has 1 unspecified atom stereocenters. The first-order valence-corrected chi connectivity index (χ1v) is 6.03. The molecule has 0 aromatic rings. The van der Waals surface area contributed by atoms with E-state index in [1.54, 1.807) is 0 Å². The fraction of sp³-hybridized carbons (Fsp3) is 0.917. The molecule has 88 valence electrons. The second-order valence-corrected chi connectivity index (χ2v) is 4.68. The SMILES string of the molecule is CCCCC(C(=O)[O-])C1(O)CCCCC1. The van der Waals surface area contributed by atoms with Crippen molar-refractivity contribution in [2.45, 2.75) is 63.9 Å². The van der Waals surface area contributed by atoms with Crippen molar-refractivity contribution in [2.24, 2.45) is 5.92 Å². The summed E-state index contributed by atoms with van der Waals surface area (Å²) in [7, 11) is 0. The number of aliphatic carboxylic acids is 1. The smallest absolute Gasteiger partial charge is 0.0727 e. The Bertz CT molecular complexity index is 207.